The molecule has 0 bridgehead atoms. The van der Waals surface area contributed by atoms with Gasteiger partial charge in [-0.1, -0.05) is 0 Å². The van der Waals surface area contributed by atoms with E-state index in [9.17, 15) is 13.2 Å². The number of aromatic nitrogens is 10. The lowest BCUT2D eigenvalue weighted by Gasteiger charge is -2.28. The van der Waals surface area contributed by atoms with Crippen LogP contribution in [0.5, 0.6) is 0 Å². The van der Waals surface area contributed by atoms with Crippen molar-refractivity contribution in [1.82, 2.24) is 48.9 Å². The maximum Gasteiger partial charge on any atom is 0.490 e. The zero-order valence-electron chi connectivity index (χ0n) is 21.3. The first kappa shape index (κ1) is 28.0. The number of nitrogens with zero attached hydrogens (tertiary/aromatic N) is 9. The van der Waals surface area contributed by atoms with Crippen LogP contribution in [0.4, 0.5) is 25.1 Å². The van der Waals surface area contributed by atoms with Gasteiger partial charge in [-0.15, -0.1) is 10.2 Å². The number of carbonyl (C=O) groups is 1. The fourth-order valence-corrected chi connectivity index (χ4v) is 5.41. The van der Waals surface area contributed by atoms with Crippen LogP contribution in [0.3, 0.4) is 0 Å². The number of rotatable bonds is 7. The summed E-state index contributed by atoms with van der Waals surface area (Å²) in [5.74, 6) is 0.0329. The summed E-state index contributed by atoms with van der Waals surface area (Å²) in [6.45, 7) is 0. The third-order valence-corrected chi connectivity index (χ3v) is 7.58. The largest absolute Gasteiger partial charge is 0.490 e. The molecular formula is C24H24F3N11O2S. The lowest BCUT2D eigenvalue weighted by Crippen LogP contribution is -2.21. The molecule has 5 aromatic rings. The average Bonchev–Trinajstić information content (AvgIpc) is 3.74. The lowest BCUT2D eigenvalue weighted by molar-refractivity contribution is -0.192. The minimum atomic E-state index is -5.08. The highest BCUT2D eigenvalue weighted by atomic mass is 32.2. The third-order valence-electron chi connectivity index (χ3n) is 6.42. The lowest BCUT2D eigenvalue weighted by atomic mass is 9.87. The van der Waals surface area contributed by atoms with Crippen LogP contribution in [0, 0.1) is 5.92 Å². The molecule has 5 heterocycles. The number of H-pyrrole nitrogens is 1. The van der Waals surface area contributed by atoms with Crippen molar-refractivity contribution < 1.29 is 23.1 Å². The number of aromatic amines is 1. The van der Waals surface area contributed by atoms with Crippen LogP contribution in [-0.2, 0) is 4.79 Å². The molecule has 1 fully saturated rings. The first-order valence-electron chi connectivity index (χ1n) is 12.5. The summed E-state index contributed by atoms with van der Waals surface area (Å²) in [5.41, 5.74) is 2.79. The van der Waals surface area contributed by atoms with Gasteiger partial charge in [0.05, 0.1) is 17.9 Å². The van der Waals surface area contributed by atoms with Crippen LogP contribution >= 0.6 is 11.9 Å². The summed E-state index contributed by atoms with van der Waals surface area (Å²) in [6.07, 6.45) is 12.1. The van der Waals surface area contributed by atoms with Crippen molar-refractivity contribution >= 4 is 40.8 Å². The van der Waals surface area contributed by atoms with Crippen molar-refractivity contribution in [2.45, 2.75) is 37.9 Å². The Balaban J connectivity index is 0.000000431. The van der Waals surface area contributed by atoms with E-state index < -0.39 is 12.1 Å². The number of carboxylic acid groups (broad SMARTS) is 1. The Morgan fingerprint density at radius 3 is 2.63 bits per heavy atom. The number of nitrogens with one attached hydrogen (secondary N) is 2. The summed E-state index contributed by atoms with van der Waals surface area (Å²) in [7, 11) is 0. The smallest absolute Gasteiger partial charge is 0.475 e. The molecule has 13 nitrogen and oxygen atoms in total. The van der Waals surface area contributed by atoms with Crippen molar-refractivity contribution in [3.8, 4) is 11.3 Å². The topological polar surface area (TPSA) is 165 Å². The molecule has 1 aliphatic rings. The minimum Gasteiger partial charge on any atom is -0.475 e. The van der Waals surface area contributed by atoms with E-state index in [4.69, 9.17) is 9.90 Å². The molecule has 0 aliphatic heterocycles. The summed E-state index contributed by atoms with van der Waals surface area (Å²) < 4.78 is 35.8. The molecule has 17 heteroatoms. The number of anilines is 2. The van der Waals surface area contributed by atoms with Gasteiger partial charge < -0.3 is 10.1 Å². The number of alkyl halides is 3. The highest BCUT2D eigenvalue weighted by Gasteiger charge is 2.38. The molecule has 1 saturated carbocycles. The van der Waals surface area contributed by atoms with Gasteiger partial charge in [0.1, 0.15) is 18.3 Å². The second-order valence-electron chi connectivity index (χ2n) is 9.12. The van der Waals surface area contributed by atoms with Gasteiger partial charge in [-0.25, -0.2) is 28.7 Å². The molecule has 5 aromatic heterocycles. The number of hydrogen-bond donors (Lipinski definition) is 3. The van der Waals surface area contributed by atoms with E-state index >= 15 is 0 Å². The Hall–Kier alpha value is -4.54. The van der Waals surface area contributed by atoms with Crippen molar-refractivity contribution in [3.63, 3.8) is 0 Å². The number of fused-ring (bicyclic) bond motifs is 1. The normalized spacial score (nSPS) is 17.1. The predicted molar refractivity (Wildman–Crippen MR) is 143 cm³/mol. The third kappa shape index (κ3) is 6.97. The molecule has 0 amide bonds. The maximum atomic E-state index is 10.6. The summed E-state index contributed by atoms with van der Waals surface area (Å²) in [6, 6.07) is 4.21. The van der Waals surface area contributed by atoms with Gasteiger partial charge in [0.25, 0.3) is 0 Å². The number of carboxylic acids is 1. The van der Waals surface area contributed by atoms with E-state index in [-0.39, 0.29) is 0 Å². The van der Waals surface area contributed by atoms with Crippen LogP contribution in [0.2, 0.25) is 0 Å². The average molecular weight is 588 g/mol. The van der Waals surface area contributed by atoms with Gasteiger partial charge >= 0.3 is 12.1 Å². The number of aliphatic carboxylic acids is 1. The van der Waals surface area contributed by atoms with Gasteiger partial charge in [0, 0.05) is 41.5 Å². The van der Waals surface area contributed by atoms with E-state index in [1.807, 2.05) is 22.4 Å². The molecule has 0 atom stereocenters. The molecule has 41 heavy (non-hydrogen) atoms. The molecule has 6 rings (SSSR count). The van der Waals surface area contributed by atoms with Crippen molar-refractivity contribution in [2.75, 3.05) is 11.1 Å². The quantitative estimate of drug-likeness (QED) is 0.245. The maximum absolute atomic E-state index is 10.6. The van der Waals surface area contributed by atoms with Crippen LogP contribution in [0.25, 0.3) is 22.3 Å². The van der Waals surface area contributed by atoms with Crippen molar-refractivity contribution in [2.24, 2.45) is 5.92 Å². The standard InChI is InChI=1S/C22H23N11S.C2HF3O2/c1-7-24-21(25-8-1)30-22-31-28-14-33(22)34-12-15-2-4-17(5-3-15)32-11-16(10-29-32)19-18-6-9-23-20(18)27-13-26-19;3-2(4,5)1(6)7/h1,6-11,13-15,17H,2-5,12H2,(H,23,26,27)(H,24,25,30,31);(H,6,7). The first-order chi connectivity index (χ1) is 19.8. The van der Waals surface area contributed by atoms with Gasteiger partial charge in [0.15, 0.2) is 0 Å². The molecule has 1 aliphatic carbocycles. The molecule has 214 valence electrons. The van der Waals surface area contributed by atoms with Crippen LogP contribution in [0.1, 0.15) is 31.7 Å². The number of hydrogen-bond acceptors (Lipinski definition) is 10. The van der Waals surface area contributed by atoms with Crippen molar-refractivity contribution in [3.05, 3.63) is 55.8 Å². The van der Waals surface area contributed by atoms with Crippen LogP contribution < -0.4 is 5.32 Å². The Morgan fingerprint density at radius 2 is 1.90 bits per heavy atom. The Bertz CT molecular complexity index is 1580. The van der Waals surface area contributed by atoms with E-state index in [2.05, 4.69) is 56.4 Å². The van der Waals surface area contributed by atoms with Gasteiger partial charge in [-0.05, 0) is 55.7 Å². The Morgan fingerprint density at radius 1 is 1.15 bits per heavy atom. The fourth-order valence-electron chi connectivity index (χ4n) is 4.39. The molecule has 0 saturated heterocycles. The van der Waals surface area contributed by atoms with E-state index in [1.54, 1.807) is 43.1 Å². The summed E-state index contributed by atoms with van der Waals surface area (Å²) in [5, 5.41) is 24.1. The first-order valence-corrected chi connectivity index (χ1v) is 13.4. The predicted octanol–water partition coefficient (Wildman–Crippen LogP) is 4.51. The van der Waals surface area contributed by atoms with Gasteiger partial charge in [-0.2, -0.15) is 18.3 Å². The SMILES string of the molecule is O=C(O)C(F)(F)F.c1cnc(Nc2nncn2SCC2CCC(n3cc(-c4ncnc5[nH]ccc45)cn3)CC2)nc1. The molecular weight excluding hydrogens is 563 g/mol. The number of halogens is 3. The molecule has 0 radical (unpaired) electrons. The van der Waals surface area contributed by atoms with E-state index in [0.29, 0.717) is 23.9 Å². The van der Waals surface area contributed by atoms with Gasteiger partial charge in [-0.3, -0.25) is 10.00 Å². The van der Waals surface area contributed by atoms with Crippen LogP contribution in [-0.4, -0.2) is 71.9 Å². The highest BCUT2D eigenvalue weighted by Crippen LogP contribution is 2.35. The Kier molecular flexibility index (Phi) is 8.42. The highest BCUT2D eigenvalue weighted by molar-refractivity contribution is 7.97. The second-order valence-corrected chi connectivity index (χ2v) is 10.1. The molecule has 0 aromatic carbocycles. The van der Waals surface area contributed by atoms with E-state index in [0.717, 1.165) is 53.7 Å². The monoisotopic (exact) mass is 587 g/mol. The summed E-state index contributed by atoms with van der Waals surface area (Å²) in [4.78, 5) is 29.2. The van der Waals surface area contributed by atoms with Crippen molar-refractivity contribution in [1.29, 1.82) is 0 Å². The molecule has 0 unspecified atom stereocenters. The zero-order valence-corrected chi connectivity index (χ0v) is 22.1. The van der Waals surface area contributed by atoms with Crippen LogP contribution in [0.15, 0.2) is 55.8 Å². The zero-order chi connectivity index (χ0) is 28.8. The molecule has 0 spiro atoms. The fraction of sp³-hybridized carbons (Fsp3) is 0.333. The van der Waals surface area contributed by atoms with E-state index in [1.165, 1.54) is 0 Å². The minimum absolute atomic E-state index is 0.418. The molecule has 3 N–H and O–H groups in total. The second kappa shape index (κ2) is 12.3. The van der Waals surface area contributed by atoms with Gasteiger partial charge in [0.2, 0.25) is 11.9 Å². The summed E-state index contributed by atoms with van der Waals surface area (Å²) >= 11 is 1.71. The Labute approximate surface area is 234 Å².